The molecule has 0 aliphatic carbocycles. The Morgan fingerprint density at radius 2 is 2.08 bits per heavy atom. The largest absolute Gasteiger partial charge is 0.383 e. The molecule has 24 heavy (non-hydrogen) atoms. The van der Waals surface area contributed by atoms with Crippen LogP contribution in [0, 0.1) is 6.92 Å². The van der Waals surface area contributed by atoms with Crippen LogP contribution in [0.5, 0.6) is 0 Å². The van der Waals surface area contributed by atoms with Crippen LogP contribution in [-0.2, 0) is 11.2 Å². The minimum absolute atomic E-state index is 0.415. The van der Waals surface area contributed by atoms with Crippen molar-refractivity contribution < 1.29 is 4.74 Å². The number of aromatic nitrogens is 2. The number of nitrogens with one attached hydrogen (secondary N) is 1. The Hall–Kier alpha value is -1.98. The van der Waals surface area contributed by atoms with Gasteiger partial charge >= 0.3 is 0 Å². The van der Waals surface area contributed by atoms with Gasteiger partial charge in [-0.3, -0.25) is 4.90 Å². The predicted molar refractivity (Wildman–Crippen MR) is 96.2 cm³/mol. The number of anilines is 1. The fourth-order valence-electron chi connectivity index (χ4n) is 3.09. The SMILES string of the molecule is COCCNc1cc(C2CCN2CCc2ccccc2)nc(C)n1. The Kier molecular flexibility index (Phi) is 5.77. The lowest BCUT2D eigenvalue weighted by Crippen LogP contribution is -2.42. The maximum absolute atomic E-state index is 5.08. The zero-order chi connectivity index (χ0) is 16.8. The van der Waals surface area contributed by atoms with Gasteiger partial charge in [0, 0.05) is 32.8 Å². The third kappa shape index (κ3) is 4.30. The van der Waals surface area contributed by atoms with Crippen LogP contribution in [-0.4, -0.2) is 48.2 Å². The van der Waals surface area contributed by atoms with Crippen LogP contribution in [0.3, 0.4) is 0 Å². The summed E-state index contributed by atoms with van der Waals surface area (Å²) in [7, 11) is 1.71. The molecular weight excluding hydrogens is 300 g/mol. The van der Waals surface area contributed by atoms with Gasteiger partial charge in [0.05, 0.1) is 18.3 Å². The van der Waals surface area contributed by atoms with Crippen molar-refractivity contribution >= 4 is 5.82 Å². The van der Waals surface area contributed by atoms with Crippen LogP contribution in [0.25, 0.3) is 0 Å². The van der Waals surface area contributed by atoms with Crippen molar-refractivity contribution in [2.75, 3.05) is 38.7 Å². The molecule has 2 heterocycles. The fourth-order valence-corrected chi connectivity index (χ4v) is 3.09. The molecule has 1 aliphatic rings. The number of hydrogen-bond donors (Lipinski definition) is 1. The molecule has 2 aromatic rings. The quantitative estimate of drug-likeness (QED) is 0.756. The maximum atomic E-state index is 5.08. The molecule has 3 rings (SSSR count). The zero-order valence-corrected chi connectivity index (χ0v) is 14.5. The summed E-state index contributed by atoms with van der Waals surface area (Å²) in [6.45, 7) is 5.61. The van der Waals surface area contributed by atoms with E-state index >= 15 is 0 Å². The standard InChI is InChI=1S/C19H26N4O/c1-15-21-17(14-19(22-15)20-10-13-24-2)18-9-12-23(18)11-8-16-6-4-3-5-7-16/h3-7,14,18H,8-13H2,1-2H3,(H,20,21,22). The van der Waals surface area contributed by atoms with E-state index in [4.69, 9.17) is 4.74 Å². The number of nitrogens with zero attached hydrogens (tertiary/aromatic N) is 3. The Labute approximate surface area is 144 Å². The molecule has 1 aromatic heterocycles. The molecule has 0 bridgehead atoms. The highest BCUT2D eigenvalue weighted by Gasteiger charge is 2.30. The summed E-state index contributed by atoms with van der Waals surface area (Å²) in [5, 5.41) is 3.31. The van der Waals surface area contributed by atoms with Crippen LogP contribution in [0.4, 0.5) is 5.82 Å². The summed E-state index contributed by atoms with van der Waals surface area (Å²) in [5.41, 5.74) is 2.52. The minimum Gasteiger partial charge on any atom is -0.383 e. The molecule has 1 atom stereocenters. The average Bonchev–Trinajstić information content (AvgIpc) is 2.55. The molecule has 0 saturated carbocycles. The number of aryl methyl sites for hydroxylation is 1. The van der Waals surface area contributed by atoms with Crippen LogP contribution in [0.2, 0.25) is 0 Å². The first kappa shape index (κ1) is 16.9. The van der Waals surface area contributed by atoms with Gasteiger partial charge in [-0.15, -0.1) is 0 Å². The summed E-state index contributed by atoms with van der Waals surface area (Å²) in [6.07, 6.45) is 2.25. The molecule has 0 radical (unpaired) electrons. The van der Waals surface area contributed by atoms with E-state index in [1.165, 1.54) is 12.0 Å². The van der Waals surface area contributed by atoms with E-state index in [1.807, 2.05) is 6.92 Å². The molecule has 5 heteroatoms. The van der Waals surface area contributed by atoms with Gasteiger partial charge in [0.2, 0.25) is 0 Å². The summed E-state index contributed by atoms with van der Waals surface area (Å²) in [4.78, 5) is 11.6. The van der Waals surface area contributed by atoms with Gasteiger partial charge in [0.15, 0.2) is 0 Å². The van der Waals surface area contributed by atoms with Crippen LogP contribution >= 0.6 is 0 Å². The van der Waals surface area contributed by atoms with Gasteiger partial charge in [-0.1, -0.05) is 30.3 Å². The van der Waals surface area contributed by atoms with E-state index in [1.54, 1.807) is 7.11 Å². The topological polar surface area (TPSA) is 50.3 Å². The molecule has 5 nitrogen and oxygen atoms in total. The third-order valence-electron chi connectivity index (χ3n) is 4.47. The second-order valence-electron chi connectivity index (χ2n) is 6.22. The second kappa shape index (κ2) is 8.22. The fraction of sp³-hybridized carbons (Fsp3) is 0.474. The smallest absolute Gasteiger partial charge is 0.130 e. The summed E-state index contributed by atoms with van der Waals surface area (Å²) < 4.78 is 5.08. The number of hydrogen-bond acceptors (Lipinski definition) is 5. The van der Waals surface area contributed by atoms with Gasteiger partial charge in [-0.2, -0.15) is 0 Å². The summed E-state index contributed by atoms with van der Waals surface area (Å²) >= 11 is 0. The van der Waals surface area contributed by atoms with Crippen molar-refractivity contribution in [3.05, 3.63) is 53.5 Å². The first-order valence-electron chi connectivity index (χ1n) is 8.62. The maximum Gasteiger partial charge on any atom is 0.130 e. The normalized spacial score (nSPS) is 17.5. The van der Waals surface area contributed by atoms with E-state index in [0.29, 0.717) is 12.6 Å². The van der Waals surface area contributed by atoms with Crippen molar-refractivity contribution in [3.8, 4) is 0 Å². The average molecular weight is 326 g/mol. The van der Waals surface area contributed by atoms with E-state index in [-0.39, 0.29) is 0 Å². The minimum atomic E-state index is 0.415. The highest BCUT2D eigenvalue weighted by Crippen LogP contribution is 2.32. The molecule has 1 N–H and O–H groups in total. The highest BCUT2D eigenvalue weighted by atomic mass is 16.5. The van der Waals surface area contributed by atoms with Crippen molar-refractivity contribution in [2.24, 2.45) is 0 Å². The van der Waals surface area contributed by atoms with Gasteiger partial charge < -0.3 is 10.1 Å². The van der Waals surface area contributed by atoms with Crippen LogP contribution < -0.4 is 5.32 Å². The Morgan fingerprint density at radius 1 is 1.25 bits per heavy atom. The van der Waals surface area contributed by atoms with Gasteiger partial charge in [-0.25, -0.2) is 9.97 Å². The molecule has 128 valence electrons. The van der Waals surface area contributed by atoms with Gasteiger partial charge in [-0.05, 0) is 25.3 Å². The van der Waals surface area contributed by atoms with Crippen molar-refractivity contribution in [1.82, 2.24) is 14.9 Å². The van der Waals surface area contributed by atoms with E-state index < -0.39 is 0 Å². The summed E-state index contributed by atoms with van der Waals surface area (Å²) in [6, 6.07) is 13.2. The lowest BCUT2D eigenvalue weighted by Gasteiger charge is -2.40. The number of ether oxygens (including phenoxy) is 1. The Balaban J connectivity index is 1.61. The van der Waals surface area contributed by atoms with Gasteiger partial charge in [0.1, 0.15) is 11.6 Å². The van der Waals surface area contributed by atoms with E-state index in [9.17, 15) is 0 Å². The molecule has 1 aliphatic heterocycles. The number of methoxy groups -OCH3 is 1. The second-order valence-corrected chi connectivity index (χ2v) is 6.22. The number of rotatable bonds is 8. The molecular formula is C19H26N4O. The van der Waals surface area contributed by atoms with Crippen molar-refractivity contribution in [3.63, 3.8) is 0 Å². The summed E-state index contributed by atoms with van der Waals surface area (Å²) in [5.74, 6) is 1.71. The molecule has 1 saturated heterocycles. The third-order valence-corrected chi connectivity index (χ3v) is 4.47. The Bertz CT molecular complexity index is 647. The first-order valence-corrected chi connectivity index (χ1v) is 8.62. The lowest BCUT2D eigenvalue weighted by atomic mass is 9.98. The van der Waals surface area contributed by atoms with E-state index in [2.05, 4.69) is 56.6 Å². The monoisotopic (exact) mass is 326 g/mol. The molecule has 0 spiro atoms. The van der Waals surface area contributed by atoms with E-state index in [0.717, 1.165) is 43.4 Å². The molecule has 0 amide bonds. The van der Waals surface area contributed by atoms with Crippen LogP contribution in [0.1, 0.15) is 29.5 Å². The molecule has 1 unspecified atom stereocenters. The molecule has 1 fully saturated rings. The zero-order valence-electron chi connectivity index (χ0n) is 14.5. The van der Waals surface area contributed by atoms with Gasteiger partial charge in [0.25, 0.3) is 0 Å². The number of likely N-dealkylation sites (tertiary alicyclic amines) is 1. The first-order chi connectivity index (χ1) is 11.8. The highest BCUT2D eigenvalue weighted by molar-refractivity contribution is 5.37. The van der Waals surface area contributed by atoms with Crippen molar-refractivity contribution in [2.45, 2.75) is 25.8 Å². The van der Waals surface area contributed by atoms with Crippen LogP contribution in [0.15, 0.2) is 36.4 Å². The lowest BCUT2D eigenvalue weighted by molar-refractivity contribution is 0.0890. The van der Waals surface area contributed by atoms with Crippen molar-refractivity contribution in [1.29, 1.82) is 0 Å². The molecule has 1 aromatic carbocycles. The Morgan fingerprint density at radius 3 is 2.79 bits per heavy atom. The number of benzene rings is 1. The predicted octanol–water partition coefficient (Wildman–Crippen LogP) is 2.83.